The molecule has 0 unspecified atom stereocenters. The van der Waals surface area contributed by atoms with Crippen LogP contribution in [0.2, 0.25) is 0 Å². The minimum absolute atomic E-state index is 1.13. The van der Waals surface area contributed by atoms with E-state index in [1.807, 2.05) is 6.08 Å². The standard InChI is InChI=1S/C11H18N/c1-2-3-4-6-9-12-10-7-5-8-11-12/h1-4H,5-11H2/b2-1?,4-3+. The van der Waals surface area contributed by atoms with E-state index in [2.05, 4.69) is 11.0 Å². The van der Waals surface area contributed by atoms with Gasteiger partial charge in [0.2, 0.25) is 0 Å². The Labute approximate surface area is 75.8 Å². The third-order valence-electron chi connectivity index (χ3n) is 2.31. The zero-order chi connectivity index (χ0) is 8.65. The molecule has 0 saturated carbocycles. The molecule has 1 aliphatic rings. The maximum atomic E-state index is 5.22. The van der Waals surface area contributed by atoms with Crippen LogP contribution in [0.5, 0.6) is 0 Å². The highest BCUT2D eigenvalue weighted by atomic mass is 15.1. The van der Waals surface area contributed by atoms with E-state index >= 15 is 0 Å². The number of nitrogens with zero attached hydrogens (tertiary/aromatic N) is 1. The van der Waals surface area contributed by atoms with E-state index in [4.69, 9.17) is 6.58 Å². The first kappa shape index (κ1) is 9.53. The lowest BCUT2D eigenvalue weighted by Gasteiger charge is -2.25. The first-order chi connectivity index (χ1) is 5.93. The van der Waals surface area contributed by atoms with Crippen LogP contribution in [0.1, 0.15) is 25.7 Å². The fraction of sp³-hybridized carbons (Fsp3) is 0.636. The minimum atomic E-state index is 1.13. The van der Waals surface area contributed by atoms with Crippen molar-refractivity contribution in [2.24, 2.45) is 0 Å². The van der Waals surface area contributed by atoms with E-state index in [0.29, 0.717) is 0 Å². The molecular weight excluding hydrogens is 146 g/mol. The molecule has 0 aliphatic carbocycles. The Morgan fingerprint density at radius 1 is 1.17 bits per heavy atom. The van der Waals surface area contributed by atoms with Crippen molar-refractivity contribution in [1.82, 2.24) is 4.90 Å². The molecule has 0 aromatic heterocycles. The summed E-state index contributed by atoms with van der Waals surface area (Å²) < 4.78 is 0. The molecule has 0 aromatic carbocycles. The van der Waals surface area contributed by atoms with E-state index in [1.165, 1.54) is 38.9 Å². The SMILES string of the molecule is [CH]=C/C=C/CCN1CCCCC1. The lowest BCUT2D eigenvalue weighted by molar-refractivity contribution is 0.233. The molecule has 1 heteroatoms. The average molecular weight is 164 g/mol. The number of hydrogen-bond donors (Lipinski definition) is 0. The van der Waals surface area contributed by atoms with Crippen molar-refractivity contribution in [3.63, 3.8) is 0 Å². The molecule has 0 N–H and O–H groups in total. The summed E-state index contributed by atoms with van der Waals surface area (Å²) in [6.45, 7) is 9.00. The van der Waals surface area contributed by atoms with Gasteiger partial charge in [-0.2, -0.15) is 0 Å². The Morgan fingerprint density at radius 2 is 1.92 bits per heavy atom. The maximum Gasteiger partial charge on any atom is 0.00160 e. The van der Waals surface area contributed by atoms with Gasteiger partial charge in [0, 0.05) is 6.54 Å². The van der Waals surface area contributed by atoms with Crippen molar-refractivity contribution in [2.75, 3.05) is 19.6 Å². The first-order valence-electron chi connectivity index (χ1n) is 4.86. The smallest absolute Gasteiger partial charge is 0.00160 e. The lowest BCUT2D eigenvalue weighted by atomic mass is 10.1. The second kappa shape index (κ2) is 6.01. The molecular formula is C11H18N. The van der Waals surface area contributed by atoms with Crippen LogP contribution in [-0.4, -0.2) is 24.5 Å². The Kier molecular flexibility index (Phi) is 4.77. The van der Waals surface area contributed by atoms with Crippen LogP contribution in [0, 0.1) is 6.58 Å². The van der Waals surface area contributed by atoms with Crippen molar-refractivity contribution >= 4 is 0 Å². The van der Waals surface area contributed by atoms with Gasteiger partial charge in [0.25, 0.3) is 0 Å². The zero-order valence-corrected chi connectivity index (χ0v) is 7.71. The number of rotatable bonds is 4. The predicted octanol–water partition coefficient (Wildman–Crippen LogP) is 2.41. The Balaban J connectivity index is 2.05. The van der Waals surface area contributed by atoms with Gasteiger partial charge >= 0.3 is 0 Å². The van der Waals surface area contributed by atoms with Crippen molar-refractivity contribution in [1.29, 1.82) is 0 Å². The van der Waals surface area contributed by atoms with Crippen molar-refractivity contribution < 1.29 is 0 Å². The largest absolute Gasteiger partial charge is 0.303 e. The normalized spacial score (nSPS) is 20.0. The van der Waals surface area contributed by atoms with Crippen LogP contribution in [0.4, 0.5) is 0 Å². The third-order valence-corrected chi connectivity index (χ3v) is 2.31. The summed E-state index contributed by atoms with van der Waals surface area (Å²) in [5, 5.41) is 0. The predicted molar refractivity (Wildman–Crippen MR) is 52.9 cm³/mol. The summed E-state index contributed by atoms with van der Waals surface area (Å²) in [7, 11) is 0. The Hall–Kier alpha value is -0.560. The second-order valence-corrected chi connectivity index (χ2v) is 3.31. The Morgan fingerprint density at radius 3 is 2.58 bits per heavy atom. The molecule has 67 valence electrons. The summed E-state index contributed by atoms with van der Waals surface area (Å²) in [6, 6.07) is 0. The zero-order valence-electron chi connectivity index (χ0n) is 7.71. The van der Waals surface area contributed by atoms with Crippen LogP contribution in [0.3, 0.4) is 0 Å². The molecule has 1 saturated heterocycles. The van der Waals surface area contributed by atoms with Crippen molar-refractivity contribution in [3.05, 3.63) is 24.8 Å². The monoisotopic (exact) mass is 164 g/mol. The van der Waals surface area contributed by atoms with E-state index in [-0.39, 0.29) is 0 Å². The van der Waals surface area contributed by atoms with Crippen molar-refractivity contribution in [3.8, 4) is 0 Å². The minimum Gasteiger partial charge on any atom is -0.303 e. The van der Waals surface area contributed by atoms with E-state index in [0.717, 1.165) is 6.42 Å². The molecule has 1 aliphatic heterocycles. The van der Waals surface area contributed by atoms with E-state index in [9.17, 15) is 0 Å². The van der Waals surface area contributed by atoms with Gasteiger partial charge in [-0.1, -0.05) is 31.2 Å². The first-order valence-corrected chi connectivity index (χ1v) is 4.86. The van der Waals surface area contributed by atoms with Gasteiger partial charge in [-0.15, -0.1) is 0 Å². The van der Waals surface area contributed by atoms with Crippen molar-refractivity contribution in [2.45, 2.75) is 25.7 Å². The maximum absolute atomic E-state index is 5.22. The molecule has 0 aromatic rings. The molecule has 0 atom stereocenters. The summed E-state index contributed by atoms with van der Waals surface area (Å²) in [4.78, 5) is 2.53. The van der Waals surface area contributed by atoms with E-state index in [1.54, 1.807) is 6.08 Å². The highest BCUT2D eigenvalue weighted by Crippen LogP contribution is 2.08. The van der Waals surface area contributed by atoms with Gasteiger partial charge in [-0.05, 0) is 32.4 Å². The highest BCUT2D eigenvalue weighted by molar-refractivity contribution is 4.95. The summed E-state index contributed by atoms with van der Waals surface area (Å²) >= 11 is 0. The number of piperidine rings is 1. The Bertz CT molecular complexity index is 143. The fourth-order valence-corrected chi connectivity index (χ4v) is 1.61. The molecule has 1 radical (unpaired) electrons. The third kappa shape index (κ3) is 3.72. The quantitative estimate of drug-likeness (QED) is 0.577. The van der Waals surface area contributed by atoms with Gasteiger partial charge < -0.3 is 4.90 Å². The topological polar surface area (TPSA) is 3.24 Å². The lowest BCUT2D eigenvalue weighted by Crippen LogP contribution is -2.30. The van der Waals surface area contributed by atoms with Gasteiger partial charge in [0.1, 0.15) is 0 Å². The van der Waals surface area contributed by atoms with Gasteiger partial charge in [0.15, 0.2) is 0 Å². The number of hydrogen-bond acceptors (Lipinski definition) is 1. The van der Waals surface area contributed by atoms with Crippen LogP contribution in [-0.2, 0) is 0 Å². The van der Waals surface area contributed by atoms with E-state index < -0.39 is 0 Å². The van der Waals surface area contributed by atoms with Gasteiger partial charge in [0.05, 0.1) is 0 Å². The number of likely N-dealkylation sites (tertiary alicyclic amines) is 1. The molecule has 1 rings (SSSR count). The second-order valence-electron chi connectivity index (χ2n) is 3.31. The molecule has 1 heterocycles. The van der Waals surface area contributed by atoms with Gasteiger partial charge in [-0.25, -0.2) is 0 Å². The van der Waals surface area contributed by atoms with Crippen LogP contribution in [0.25, 0.3) is 0 Å². The molecule has 0 spiro atoms. The summed E-state index contributed by atoms with van der Waals surface area (Å²) in [5.74, 6) is 0. The van der Waals surface area contributed by atoms with Crippen LogP contribution < -0.4 is 0 Å². The molecule has 0 bridgehead atoms. The number of allylic oxidation sites excluding steroid dienone is 2. The molecule has 12 heavy (non-hydrogen) atoms. The molecule has 1 fully saturated rings. The average Bonchev–Trinajstić information content (AvgIpc) is 2.14. The molecule has 1 nitrogen and oxygen atoms in total. The van der Waals surface area contributed by atoms with Crippen LogP contribution >= 0.6 is 0 Å². The van der Waals surface area contributed by atoms with Crippen LogP contribution in [0.15, 0.2) is 18.2 Å². The summed E-state index contributed by atoms with van der Waals surface area (Å²) in [5.41, 5.74) is 0. The highest BCUT2D eigenvalue weighted by Gasteiger charge is 2.07. The molecule has 0 amide bonds. The fourth-order valence-electron chi connectivity index (χ4n) is 1.61. The van der Waals surface area contributed by atoms with Gasteiger partial charge in [-0.3, -0.25) is 0 Å². The summed E-state index contributed by atoms with van der Waals surface area (Å²) in [6.07, 6.45) is 11.0.